The Balaban J connectivity index is 1.15. The van der Waals surface area contributed by atoms with Crippen LogP contribution in [-0.2, 0) is 18.6 Å². The molecule has 0 bridgehead atoms. The summed E-state index contributed by atoms with van der Waals surface area (Å²) in [5.41, 5.74) is 7.64. The van der Waals surface area contributed by atoms with Crippen molar-refractivity contribution in [3.8, 4) is 11.1 Å². The first-order valence-electron chi connectivity index (χ1n) is 16.2. The van der Waals surface area contributed by atoms with Crippen molar-refractivity contribution in [2.45, 2.75) is 38.9 Å². The third-order valence-electron chi connectivity index (χ3n) is 9.33. The molecule has 48 heavy (non-hydrogen) atoms. The third-order valence-corrected chi connectivity index (χ3v) is 9.33. The SMILES string of the molecule is C=C1OB(c2ccc(N(c3ccc(B4OC(=C)C(C)(C)O4)cc3)c3ccc(-c4cccc5c4oc4ccccc45)cc3)cc2)OC1(C)C. The van der Waals surface area contributed by atoms with Gasteiger partial charge in [0.15, 0.2) is 0 Å². The molecule has 2 aliphatic heterocycles. The highest BCUT2D eigenvalue weighted by molar-refractivity contribution is 6.62. The molecule has 0 saturated carbocycles. The van der Waals surface area contributed by atoms with E-state index < -0.39 is 25.4 Å². The lowest BCUT2D eigenvalue weighted by molar-refractivity contribution is 0.172. The largest absolute Gasteiger partial charge is 0.563 e. The van der Waals surface area contributed by atoms with E-state index in [1.54, 1.807) is 0 Å². The van der Waals surface area contributed by atoms with Crippen molar-refractivity contribution < 1.29 is 23.0 Å². The predicted octanol–water partition coefficient (Wildman–Crippen LogP) is 8.79. The molecule has 236 valence electrons. The number of rotatable bonds is 6. The number of benzene rings is 5. The van der Waals surface area contributed by atoms with Crippen molar-refractivity contribution in [1.29, 1.82) is 0 Å². The summed E-state index contributed by atoms with van der Waals surface area (Å²) in [5.74, 6) is 1.25. The van der Waals surface area contributed by atoms with Crippen LogP contribution in [0.2, 0.25) is 0 Å². The summed E-state index contributed by atoms with van der Waals surface area (Å²) in [6.45, 7) is 15.9. The summed E-state index contributed by atoms with van der Waals surface area (Å²) in [4.78, 5) is 2.22. The summed E-state index contributed by atoms with van der Waals surface area (Å²) < 4.78 is 30.5. The third kappa shape index (κ3) is 5.18. The molecule has 0 unspecified atom stereocenters. The van der Waals surface area contributed by atoms with Crippen LogP contribution in [0.25, 0.3) is 33.1 Å². The molecule has 2 aliphatic rings. The second kappa shape index (κ2) is 11.2. The van der Waals surface area contributed by atoms with Crippen LogP contribution in [0.4, 0.5) is 17.1 Å². The van der Waals surface area contributed by atoms with E-state index in [4.69, 9.17) is 23.0 Å². The monoisotopic (exact) mass is 631 g/mol. The molecule has 0 amide bonds. The van der Waals surface area contributed by atoms with Gasteiger partial charge in [0, 0.05) is 33.4 Å². The van der Waals surface area contributed by atoms with Crippen molar-refractivity contribution >= 4 is 64.2 Å². The average Bonchev–Trinajstić information content (AvgIpc) is 3.70. The highest BCUT2D eigenvalue weighted by atomic mass is 16.7. The molecular formula is C40H35B2NO5. The van der Waals surface area contributed by atoms with Crippen LogP contribution in [0.3, 0.4) is 0 Å². The molecule has 0 N–H and O–H groups in total. The Morgan fingerprint density at radius 2 is 1.02 bits per heavy atom. The van der Waals surface area contributed by atoms with Crippen LogP contribution in [0.15, 0.2) is 144 Å². The summed E-state index contributed by atoms with van der Waals surface area (Å²) in [7, 11) is -1.00. The van der Waals surface area contributed by atoms with Gasteiger partial charge in [-0.15, -0.1) is 0 Å². The van der Waals surface area contributed by atoms with Crippen LogP contribution in [0.5, 0.6) is 0 Å². The van der Waals surface area contributed by atoms with Crippen molar-refractivity contribution in [3.05, 3.63) is 140 Å². The van der Waals surface area contributed by atoms with E-state index in [0.717, 1.165) is 61.1 Å². The molecule has 2 saturated heterocycles. The molecular weight excluding hydrogens is 596 g/mol. The zero-order valence-electron chi connectivity index (χ0n) is 27.5. The van der Waals surface area contributed by atoms with Gasteiger partial charge in [0.2, 0.25) is 0 Å². The number of hydrogen-bond acceptors (Lipinski definition) is 6. The van der Waals surface area contributed by atoms with Crippen LogP contribution in [0.1, 0.15) is 27.7 Å². The van der Waals surface area contributed by atoms with Crippen molar-refractivity contribution in [3.63, 3.8) is 0 Å². The molecule has 0 radical (unpaired) electrons. The van der Waals surface area contributed by atoms with E-state index >= 15 is 0 Å². The summed E-state index contributed by atoms with van der Waals surface area (Å²) in [5, 5.41) is 2.23. The topological polar surface area (TPSA) is 53.3 Å². The van der Waals surface area contributed by atoms with E-state index in [9.17, 15) is 0 Å². The number of furan rings is 1. The molecule has 0 atom stereocenters. The van der Waals surface area contributed by atoms with Gasteiger partial charge in [0.05, 0.1) is 11.5 Å². The Morgan fingerprint density at radius 1 is 0.542 bits per heavy atom. The van der Waals surface area contributed by atoms with Crippen molar-refractivity contribution in [2.75, 3.05) is 4.90 Å². The predicted molar refractivity (Wildman–Crippen MR) is 195 cm³/mol. The molecule has 0 spiro atoms. The second-order valence-corrected chi connectivity index (χ2v) is 13.3. The van der Waals surface area contributed by atoms with Gasteiger partial charge in [-0.3, -0.25) is 0 Å². The lowest BCUT2D eigenvalue weighted by Crippen LogP contribution is -2.34. The lowest BCUT2D eigenvalue weighted by atomic mass is 9.79. The highest BCUT2D eigenvalue weighted by Crippen LogP contribution is 2.39. The number of hydrogen-bond donors (Lipinski definition) is 0. The first kappa shape index (κ1) is 30.2. The van der Waals surface area contributed by atoms with Gasteiger partial charge < -0.3 is 27.9 Å². The van der Waals surface area contributed by atoms with Crippen LogP contribution in [-0.4, -0.2) is 25.4 Å². The average molecular weight is 631 g/mol. The quantitative estimate of drug-likeness (QED) is 0.171. The van der Waals surface area contributed by atoms with Gasteiger partial charge in [-0.25, -0.2) is 0 Å². The summed E-state index contributed by atoms with van der Waals surface area (Å²) >= 11 is 0. The van der Waals surface area contributed by atoms with Gasteiger partial charge in [0.25, 0.3) is 0 Å². The maximum atomic E-state index is 6.34. The first-order valence-corrected chi connectivity index (χ1v) is 16.2. The number of para-hydroxylation sites is 2. The summed E-state index contributed by atoms with van der Waals surface area (Å²) in [6.07, 6.45) is 0. The Labute approximate surface area is 281 Å². The number of fused-ring (bicyclic) bond motifs is 3. The maximum Gasteiger partial charge on any atom is 0.563 e. The zero-order valence-corrected chi connectivity index (χ0v) is 27.5. The maximum absolute atomic E-state index is 6.34. The second-order valence-electron chi connectivity index (χ2n) is 13.3. The minimum absolute atomic E-state index is 0.500. The Bertz CT molecular complexity index is 2110. The number of anilines is 3. The normalized spacial score (nSPS) is 16.8. The molecule has 6 nitrogen and oxygen atoms in total. The van der Waals surface area contributed by atoms with E-state index in [1.807, 2.05) is 70.2 Å². The number of nitrogens with zero attached hydrogens (tertiary/aromatic N) is 1. The van der Waals surface area contributed by atoms with Crippen molar-refractivity contribution in [2.24, 2.45) is 0 Å². The smallest absolute Gasteiger partial charge is 0.534 e. The fourth-order valence-corrected chi connectivity index (χ4v) is 6.30. The van der Waals surface area contributed by atoms with Gasteiger partial charge in [-0.05, 0) is 86.6 Å². The molecule has 3 heterocycles. The molecule has 2 fully saturated rings. The molecule has 0 aliphatic carbocycles. The Hall–Kier alpha value is -5.17. The van der Waals surface area contributed by atoms with E-state index in [1.165, 1.54) is 0 Å². The van der Waals surface area contributed by atoms with Crippen molar-refractivity contribution in [1.82, 2.24) is 0 Å². The van der Waals surface area contributed by atoms with Crippen LogP contribution < -0.4 is 15.8 Å². The van der Waals surface area contributed by atoms with Crippen LogP contribution in [0, 0.1) is 0 Å². The molecule has 8 heteroatoms. The molecule has 1 aromatic heterocycles. The minimum Gasteiger partial charge on any atom is -0.534 e. The van der Waals surface area contributed by atoms with Gasteiger partial charge in [0.1, 0.15) is 22.4 Å². The standard InChI is InChI=1S/C40H35B2NO5/c1-26-39(3,4)47-41(45-26)29-16-22-32(23-17-29)43(33-24-18-30(19-25-33)42-46-27(2)40(5,6)48-42)31-20-14-28(15-21-31)34-11-9-12-36-35-10-7-8-13-37(35)44-38(34)36/h7-25H,1-2H2,3-6H3. The molecule has 6 aromatic rings. The zero-order chi connectivity index (χ0) is 33.2. The lowest BCUT2D eigenvalue weighted by Gasteiger charge is -2.26. The molecule has 5 aromatic carbocycles. The molecule has 8 rings (SSSR count). The summed E-state index contributed by atoms with van der Waals surface area (Å²) in [6, 6.07) is 39.6. The fraction of sp³-hybridized carbons (Fsp3) is 0.150. The highest BCUT2D eigenvalue weighted by Gasteiger charge is 2.43. The van der Waals surface area contributed by atoms with E-state index in [0.29, 0.717) is 11.5 Å². The first-order chi connectivity index (χ1) is 23.1. The van der Waals surface area contributed by atoms with E-state index in [-0.39, 0.29) is 0 Å². The Kier molecular flexibility index (Phi) is 7.06. The van der Waals surface area contributed by atoms with Gasteiger partial charge >= 0.3 is 14.2 Å². The van der Waals surface area contributed by atoms with E-state index in [2.05, 4.69) is 90.9 Å². The van der Waals surface area contributed by atoms with Crippen LogP contribution >= 0.6 is 0 Å². The fourth-order valence-electron chi connectivity index (χ4n) is 6.30. The van der Waals surface area contributed by atoms with Gasteiger partial charge in [-0.1, -0.05) is 86.0 Å². The minimum atomic E-state index is -0.542. The Morgan fingerprint density at radius 3 is 1.52 bits per heavy atom. The van der Waals surface area contributed by atoms with Gasteiger partial charge in [-0.2, -0.15) is 0 Å².